The van der Waals surface area contributed by atoms with Crippen LogP contribution in [-0.4, -0.2) is 19.2 Å². The Labute approximate surface area is 149 Å². The van der Waals surface area contributed by atoms with E-state index in [2.05, 4.69) is 50.0 Å². The van der Waals surface area contributed by atoms with Gasteiger partial charge in [-0.3, -0.25) is 4.98 Å². The molecule has 0 aliphatic heterocycles. The van der Waals surface area contributed by atoms with E-state index in [-0.39, 0.29) is 0 Å². The minimum atomic E-state index is 0.751. The lowest BCUT2D eigenvalue weighted by atomic mass is 9.93. The summed E-state index contributed by atoms with van der Waals surface area (Å²) >= 11 is 0. The van der Waals surface area contributed by atoms with Crippen LogP contribution in [0.25, 0.3) is 22.4 Å². The zero-order chi connectivity index (χ0) is 18.0. The molecule has 0 radical (unpaired) electrons. The number of pyridine rings is 1. The van der Waals surface area contributed by atoms with E-state index >= 15 is 0 Å². The summed E-state index contributed by atoms with van der Waals surface area (Å²) in [5.74, 6) is 1.52. The maximum atomic E-state index is 5.53. The molecular weight excluding hydrogens is 310 g/mol. The van der Waals surface area contributed by atoms with E-state index in [4.69, 9.17) is 9.47 Å². The predicted molar refractivity (Wildman–Crippen MR) is 102 cm³/mol. The zero-order valence-electron chi connectivity index (χ0n) is 15.4. The maximum Gasteiger partial charge on any atom is 0.131 e. The smallest absolute Gasteiger partial charge is 0.131 e. The molecule has 0 aliphatic carbocycles. The van der Waals surface area contributed by atoms with Crippen LogP contribution in [0.4, 0.5) is 0 Å². The minimum absolute atomic E-state index is 0.751. The van der Waals surface area contributed by atoms with Crippen LogP contribution in [0.3, 0.4) is 0 Å². The van der Waals surface area contributed by atoms with E-state index in [1.165, 1.54) is 22.3 Å². The van der Waals surface area contributed by atoms with Crippen molar-refractivity contribution in [3.63, 3.8) is 0 Å². The van der Waals surface area contributed by atoms with E-state index < -0.39 is 0 Å². The van der Waals surface area contributed by atoms with Crippen LogP contribution in [0.5, 0.6) is 11.5 Å². The van der Waals surface area contributed by atoms with E-state index in [0.29, 0.717) is 0 Å². The summed E-state index contributed by atoms with van der Waals surface area (Å²) < 4.78 is 10.8. The van der Waals surface area contributed by atoms with Gasteiger partial charge in [-0.15, -0.1) is 0 Å². The van der Waals surface area contributed by atoms with Crippen molar-refractivity contribution >= 4 is 0 Å². The Balaban J connectivity index is 2.12. The summed E-state index contributed by atoms with van der Waals surface area (Å²) in [5.41, 5.74) is 8.10. The standard InChI is InChI=1S/C22H23NO2/c1-14-10-15(2)22(16(3)11-14)17-8-9-23-20(12-17)19-7-6-18(24-4)13-21(19)25-5/h6-13H,1-5H3. The van der Waals surface area contributed by atoms with Gasteiger partial charge in [-0.2, -0.15) is 0 Å². The number of hydrogen-bond acceptors (Lipinski definition) is 3. The number of benzene rings is 2. The molecule has 1 heterocycles. The summed E-state index contributed by atoms with van der Waals surface area (Å²) in [5, 5.41) is 0. The monoisotopic (exact) mass is 333 g/mol. The van der Waals surface area contributed by atoms with Gasteiger partial charge in [-0.25, -0.2) is 0 Å². The highest BCUT2D eigenvalue weighted by Gasteiger charge is 2.12. The van der Waals surface area contributed by atoms with Crippen LogP contribution in [0.15, 0.2) is 48.7 Å². The molecule has 0 amide bonds. The van der Waals surface area contributed by atoms with Gasteiger partial charge in [0.15, 0.2) is 0 Å². The van der Waals surface area contributed by atoms with Crippen LogP contribution in [0, 0.1) is 20.8 Å². The third-order valence-corrected chi connectivity index (χ3v) is 4.41. The quantitative estimate of drug-likeness (QED) is 0.644. The van der Waals surface area contributed by atoms with Crippen LogP contribution >= 0.6 is 0 Å². The number of methoxy groups -OCH3 is 2. The Morgan fingerprint density at radius 3 is 2.16 bits per heavy atom. The topological polar surface area (TPSA) is 31.4 Å². The molecule has 0 saturated heterocycles. The van der Waals surface area contributed by atoms with Crippen LogP contribution in [0.1, 0.15) is 16.7 Å². The Morgan fingerprint density at radius 2 is 1.52 bits per heavy atom. The molecule has 128 valence electrons. The Hall–Kier alpha value is -2.81. The Kier molecular flexibility index (Phi) is 4.75. The predicted octanol–water partition coefficient (Wildman–Crippen LogP) is 5.36. The molecular formula is C22H23NO2. The molecule has 2 aromatic carbocycles. The molecule has 0 atom stereocenters. The largest absolute Gasteiger partial charge is 0.497 e. The number of hydrogen-bond donors (Lipinski definition) is 0. The summed E-state index contributed by atoms with van der Waals surface area (Å²) in [6.07, 6.45) is 1.85. The number of aromatic nitrogens is 1. The van der Waals surface area contributed by atoms with Gasteiger partial charge in [0.2, 0.25) is 0 Å². The van der Waals surface area contributed by atoms with Crippen molar-refractivity contribution < 1.29 is 9.47 Å². The number of nitrogens with zero attached hydrogens (tertiary/aromatic N) is 1. The van der Waals surface area contributed by atoms with Gasteiger partial charge in [0.25, 0.3) is 0 Å². The molecule has 3 heteroatoms. The van der Waals surface area contributed by atoms with Gasteiger partial charge >= 0.3 is 0 Å². The van der Waals surface area contributed by atoms with Gasteiger partial charge in [-0.05, 0) is 67.3 Å². The molecule has 0 spiro atoms. The van der Waals surface area contributed by atoms with Crippen LogP contribution in [0.2, 0.25) is 0 Å². The van der Waals surface area contributed by atoms with Crippen molar-refractivity contribution in [3.05, 3.63) is 65.4 Å². The molecule has 3 aromatic rings. The lowest BCUT2D eigenvalue weighted by molar-refractivity contribution is 0.395. The van der Waals surface area contributed by atoms with E-state index in [0.717, 1.165) is 28.3 Å². The second kappa shape index (κ2) is 6.98. The van der Waals surface area contributed by atoms with Crippen molar-refractivity contribution in [2.24, 2.45) is 0 Å². The first-order valence-corrected chi connectivity index (χ1v) is 8.30. The van der Waals surface area contributed by atoms with Gasteiger partial charge in [-0.1, -0.05) is 17.7 Å². The number of aryl methyl sites for hydroxylation is 3. The molecule has 0 bridgehead atoms. The highest BCUT2D eigenvalue weighted by atomic mass is 16.5. The van der Waals surface area contributed by atoms with Crippen LogP contribution in [-0.2, 0) is 0 Å². The SMILES string of the molecule is COc1ccc(-c2cc(-c3c(C)cc(C)cc3C)ccn2)c(OC)c1. The summed E-state index contributed by atoms with van der Waals surface area (Å²) in [4.78, 5) is 4.56. The Bertz CT molecular complexity index is 893. The second-order valence-electron chi connectivity index (χ2n) is 6.27. The minimum Gasteiger partial charge on any atom is -0.497 e. The summed E-state index contributed by atoms with van der Waals surface area (Å²) in [7, 11) is 3.31. The lowest BCUT2D eigenvalue weighted by Gasteiger charge is -2.14. The van der Waals surface area contributed by atoms with Gasteiger partial charge in [0, 0.05) is 17.8 Å². The van der Waals surface area contributed by atoms with E-state index in [1.807, 2.05) is 24.4 Å². The molecule has 3 nitrogen and oxygen atoms in total. The first-order valence-electron chi connectivity index (χ1n) is 8.30. The fraction of sp³-hybridized carbons (Fsp3) is 0.227. The average molecular weight is 333 g/mol. The highest BCUT2D eigenvalue weighted by molar-refractivity contribution is 5.77. The van der Waals surface area contributed by atoms with Crippen LogP contribution < -0.4 is 9.47 Å². The normalized spacial score (nSPS) is 10.6. The number of rotatable bonds is 4. The van der Waals surface area contributed by atoms with Crippen molar-refractivity contribution in [2.75, 3.05) is 14.2 Å². The molecule has 0 saturated carbocycles. The first kappa shape index (κ1) is 17.0. The number of ether oxygens (including phenoxy) is 2. The second-order valence-corrected chi connectivity index (χ2v) is 6.27. The molecule has 3 rings (SSSR count). The lowest BCUT2D eigenvalue weighted by Crippen LogP contribution is -1.94. The van der Waals surface area contributed by atoms with Gasteiger partial charge in [0.05, 0.1) is 19.9 Å². The average Bonchev–Trinajstić information content (AvgIpc) is 2.60. The summed E-state index contributed by atoms with van der Waals surface area (Å²) in [6.45, 7) is 6.44. The van der Waals surface area contributed by atoms with Crippen molar-refractivity contribution in [1.82, 2.24) is 4.98 Å². The third-order valence-electron chi connectivity index (χ3n) is 4.41. The Morgan fingerprint density at radius 1 is 0.800 bits per heavy atom. The van der Waals surface area contributed by atoms with E-state index in [9.17, 15) is 0 Å². The van der Waals surface area contributed by atoms with Crippen molar-refractivity contribution in [3.8, 4) is 33.9 Å². The van der Waals surface area contributed by atoms with E-state index in [1.54, 1.807) is 14.2 Å². The molecule has 0 fully saturated rings. The van der Waals surface area contributed by atoms with Gasteiger partial charge < -0.3 is 9.47 Å². The molecule has 0 unspecified atom stereocenters. The van der Waals surface area contributed by atoms with Crippen molar-refractivity contribution in [1.29, 1.82) is 0 Å². The summed E-state index contributed by atoms with van der Waals surface area (Å²) in [6, 6.07) is 14.4. The molecule has 1 aromatic heterocycles. The maximum absolute atomic E-state index is 5.53. The molecule has 0 aliphatic rings. The molecule has 0 N–H and O–H groups in total. The highest BCUT2D eigenvalue weighted by Crippen LogP contribution is 2.35. The molecule has 25 heavy (non-hydrogen) atoms. The fourth-order valence-electron chi connectivity index (χ4n) is 3.38. The zero-order valence-corrected chi connectivity index (χ0v) is 15.4. The van der Waals surface area contributed by atoms with Crippen molar-refractivity contribution in [2.45, 2.75) is 20.8 Å². The third kappa shape index (κ3) is 3.36. The fourth-order valence-corrected chi connectivity index (χ4v) is 3.38. The van der Waals surface area contributed by atoms with Gasteiger partial charge in [0.1, 0.15) is 11.5 Å². The first-order chi connectivity index (χ1) is 12.0.